The van der Waals surface area contributed by atoms with Gasteiger partial charge < -0.3 is 29.7 Å². The van der Waals surface area contributed by atoms with Gasteiger partial charge in [-0.3, -0.25) is 19.1 Å². The number of fused-ring (bicyclic) bond motifs is 5. The van der Waals surface area contributed by atoms with Gasteiger partial charge >= 0.3 is 6.09 Å². The van der Waals surface area contributed by atoms with E-state index in [0.717, 1.165) is 4.90 Å². The molecule has 0 spiro atoms. The molecule has 2 aliphatic heterocycles. The summed E-state index contributed by atoms with van der Waals surface area (Å²) in [6.07, 6.45) is -4.62. The molecule has 20 heteroatoms. The molecule has 7 rings (SSSR count). The molecule has 0 radical (unpaired) electrons. The number of hydrogen-bond acceptors (Lipinski definition) is 11. The molecule has 1 saturated heterocycles. The van der Waals surface area contributed by atoms with Crippen LogP contribution in [0.2, 0.25) is 0 Å². The zero-order valence-electron chi connectivity index (χ0n) is 34.6. The summed E-state index contributed by atoms with van der Waals surface area (Å²) in [6.45, 7) is 9.14. The quantitative estimate of drug-likeness (QED) is 0.319. The summed E-state index contributed by atoms with van der Waals surface area (Å²) in [5.74, 6) is -10.0. The van der Waals surface area contributed by atoms with Gasteiger partial charge in [0.05, 0.1) is 35.4 Å². The fourth-order valence-electron chi connectivity index (χ4n) is 8.44. The van der Waals surface area contributed by atoms with Crippen LogP contribution in [0.5, 0.6) is 11.6 Å². The van der Waals surface area contributed by atoms with Crippen molar-refractivity contribution in [1.29, 1.82) is 0 Å². The van der Waals surface area contributed by atoms with Crippen molar-refractivity contribution in [3.63, 3.8) is 0 Å². The summed E-state index contributed by atoms with van der Waals surface area (Å²) in [5, 5.41) is 5.04. The highest BCUT2D eigenvalue weighted by molar-refractivity contribution is 7.91. The van der Waals surface area contributed by atoms with Crippen LogP contribution in [0.4, 0.5) is 22.4 Å². The molecule has 1 aromatic heterocycles. The average Bonchev–Trinajstić information content (AvgIpc) is 4.11. The summed E-state index contributed by atoms with van der Waals surface area (Å²) >= 11 is 0. The van der Waals surface area contributed by atoms with E-state index >= 15 is 8.78 Å². The smallest absolute Gasteiger partial charge is 0.408 e. The number of nitrogens with one attached hydrogen (secondary N) is 3. The summed E-state index contributed by atoms with van der Waals surface area (Å²) < 4.78 is 105. The van der Waals surface area contributed by atoms with Gasteiger partial charge in [-0.25, -0.2) is 32.0 Å². The molecule has 2 bridgehead atoms. The topological polar surface area (TPSA) is 195 Å². The Morgan fingerprint density at radius 1 is 1.05 bits per heavy atom. The zero-order chi connectivity index (χ0) is 44.0. The van der Waals surface area contributed by atoms with Crippen molar-refractivity contribution in [3.8, 4) is 11.6 Å². The molecule has 4 amide bonds. The van der Waals surface area contributed by atoms with Crippen molar-refractivity contribution in [1.82, 2.24) is 30.2 Å². The Kier molecular flexibility index (Phi) is 10.8. The fourth-order valence-corrected chi connectivity index (χ4v) is 9.75. The number of hydrogen-bond donors (Lipinski definition) is 3. The van der Waals surface area contributed by atoms with E-state index in [1.165, 1.54) is 33.1 Å². The number of ether oxygens (including phenoxy) is 3. The van der Waals surface area contributed by atoms with Crippen molar-refractivity contribution in [2.24, 2.45) is 23.2 Å². The van der Waals surface area contributed by atoms with Crippen LogP contribution in [0.3, 0.4) is 0 Å². The Bertz CT molecular complexity index is 2200. The SMILES string of the molecule is COc1ccc2nc3c(nc2c1)O[C@H]1CN(C(=O)[C@H](C(C)(C)C)NC(=O)O[C@@]2(C)C[C@@H]2CCCCC3(F)F)[C@H](C(=O)N[C@]2(C(=O)NS(=O)(=O)C3(C)CC3)CC2C(F)F)[C@@H]1C. The Hall–Kier alpha value is -4.49. The molecule has 4 fully saturated rings. The van der Waals surface area contributed by atoms with Gasteiger partial charge in [-0.1, -0.05) is 34.1 Å². The number of halogens is 4. The first kappa shape index (κ1) is 43.6. The van der Waals surface area contributed by atoms with Crippen molar-refractivity contribution >= 4 is 44.9 Å². The third-order valence-corrected chi connectivity index (χ3v) is 15.2. The molecule has 3 saturated carbocycles. The summed E-state index contributed by atoms with van der Waals surface area (Å²) in [6, 6.07) is 1.53. The number of carbonyl (C=O) groups is 4. The van der Waals surface area contributed by atoms with Crippen molar-refractivity contribution in [2.75, 3.05) is 13.7 Å². The standard InChI is InChI=1S/C40H52F4N6O9S/c1-20-26-19-50(27(20)31(51)48-39(18-23(39)30(41)42)34(53)49-60(55,56)37(5)14-15-37)33(52)29(36(2,3)4)47-35(54)59-38(6)17-21(38)10-8-9-13-40(43,44)28-32(58-26)46-25-16-22(57-7)11-12-24(25)45-28/h11-12,16,20-21,23,26-27,29-30H,8-10,13-15,17-19H2,1-7H3,(H,47,54)(H,48,51)(H,49,53)/t20-,21+,23?,26+,27+,29-,38+,39-/m1/s1. The van der Waals surface area contributed by atoms with Gasteiger partial charge in [0.15, 0.2) is 5.69 Å². The van der Waals surface area contributed by atoms with Crippen molar-refractivity contribution in [3.05, 3.63) is 23.9 Å². The average molecular weight is 869 g/mol. The number of aromatic nitrogens is 2. The molecular weight excluding hydrogens is 817 g/mol. The Balaban J connectivity index is 1.29. The predicted molar refractivity (Wildman–Crippen MR) is 207 cm³/mol. The highest BCUT2D eigenvalue weighted by Crippen LogP contribution is 2.51. The van der Waals surface area contributed by atoms with Gasteiger partial charge in [0, 0.05) is 24.3 Å². The minimum Gasteiger partial charge on any atom is -0.497 e. The van der Waals surface area contributed by atoms with E-state index in [1.54, 1.807) is 33.8 Å². The van der Waals surface area contributed by atoms with E-state index in [2.05, 4.69) is 20.6 Å². The third-order valence-electron chi connectivity index (χ3n) is 13.0. The fraction of sp³-hybridized carbons (Fsp3) is 0.700. The number of carbonyl (C=O) groups excluding carboxylic acids is 4. The largest absolute Gasteiger partial charge is 0.497 e. The van der Waals surface area contributed by atoms with Crippen LogP contribution in [0.15, 0.2) is 18.2 Å². The lowest BCUT2D eigenvalue weighted by molar-refractivity contribution is -0.143. The molecule has 15 nitrogen and oxygen atoms in total. The molecule has 1 aromatic carbocycles. The van der Waals surface area contributed by atoms with E-state index in [0.29, 0.717) is 25.0 Å². The van der Waals surface area contributed by atoms with E-state index in [-0.39, 0.29) is 36.2 Å². The van der Waals surface area contributed by atoms with E-state index in [9.17, 15) is 36.4 Å². The number of alkyl halides is 4. The molecule has 1 unspecified atom stereocenters. The van der Waals surface area contributed by atoms with Gasteiger partial charge in [0.25, 0.3) is 11.8 Å². The molecule has 3 heterocycles. The first-order chi connectivity index (χ1) is 27.8. The first-order valence-electron chi connectivity index (χ1n) is 20.2. The molecule has 3 aliphatic carbocycles. The Labute approximate surface area is 345 Å². The second-order valence-electron chi connectivity index (χ2n) is 18.7. The molecule has 2 aromatic rings. The maximum atomic E-state index is 16.3. The number of amides is 4. The molecule has 5 aliphatic rings. The lowest BCUT2D eigenvalue weighted by Crippen LogP contribution is -2.61. The monoisotopic (exact) mass is 868 g/mol. The van der Waals surface area contributed by atoms with E-state index in [1.807, 2.05) is 4.72 Å². The van der Waals surface area contributed by atoms with Gasteiger partial charge in [0.2, 0.25) is 34.1 Å². The zero-order valence-corrected chi connectivity index (χ0v) is 35.4. The van der Waals surface area contributed by atoms with Crippen molar-refractivity contribution < 1.29 is 59.4 Å². The summed E-state index contributed by atoms with van der Waals surface area (Å²) in [7, 11) is -2.90. The summed E-state index contributed by atoms with van der Waals surface area (Å²) in [5.41, 5.74) is -4.77. The highest BCUT2D eigenvalue weighted by Gasteiger charge is 2.68. The van der Waals surface area contributed by atoms with Gasteiger partial charge in [-0.2, -0.15) is 8.78 Å². The van der Waals surface area contributed by atoms with Crippen LogP contribution >= 0.6 is 0 Å². The van der Waals surface area contributed by atoms with Crippen LogP contribution in [0.25, 0.3) is 11.0 Å². The molecule has 8 atom stereocenters. The number of rotatable bonds is 7. The van der Waals surface area contributed by atoms with Crippen LogP contribution < -0.4 is 24.8 Å². The van der Waals surface area contributed by atoms with E-state index < -0.39 is 128 Å². The number of nitrogens with zero attached hydrogens (tertiary/aromatic N) is 3. The second-order valence-corrected chi connectivity index (χ2v) is 20.9. The molecule has 60 heavy (non-hydrogen) atoms. The van der Waals surface area contributed by atoms with E-state index in [4.69, 9.17) is 14.2 Å². The number of sulfonamides is 1. The lowest BCUT2D eigenvalue weighted by Gasteiger charge is -2.36. The highest BCUT2D eigenvalue weighted by atomic mass is 32.2. The normalized spacial score (nSPS) is 32.6. The Morgan fingerprint density at radius 2 is 1.75 bits per heavy atom. The summed E-state index contributed by atoms with van der Waals surface area (Å²) in [4.78, 5) is 66.2. The third kappa shape index (κ3) is 8.03. The minimum atomic E-state index is -4.31. The van der Waals surface area contributed by atoms with Crippen LogP contribution in [0.1, 0.15) is 98.6 Å². The van der Waals surface area contributed by atoms with Gasteiger partial charge in [-0.15, -0.1) is 0 Å². The number of benzene rings is 1. The van der Waals surface area contributed by atoms with Gasteiger partial charge in [0.1, 0.15) is 35.1 Å². The lowest BCUT2D eigenvalue weighted by atomic mass is 9.85. The predicted octanol–water partition coefficient (Wildman–Crippen LogP) is 4.96. The maximum Gasteiger partial charge on any atom is 0.408 e. The van der Waals surface area contributed by atoms with Crippen molar-refractivity contribution in [2.45, 2.75) is 139 Å². The number of alkyl carbamates (subject to hydrolysis) is 1. The molecular formula is C40H52F4N6O9S. The van der Waals surface area contributed by atoms with Crippen LogP contribution in [0, 0.1) is 23.2 Å². The van der Waals surface area contributed by atoms with Crippen LogP contribution in [-0.4, -0.2) is 101 Å². The second kappa shape index (κ2) is 14.9. The molecule has 330 valence electrons. The Morgan fingerprint density at radius 3 is 2.37 bits per heavy atom. The number of methoxy groups -OCH3 is 1. The maximum absolute atomic E-state index is 16.3. The molecule has 3 N–H and O–H groups in total. The minimum absolute atomic E-state index is 0.0828. The van der Waals surface area contributed by atoms with Crippen LogP contribution in [-0.2, 0) is 35.1 Å². The van der Waals surface area contributed by atoms with Gasteiger partial charge in [-0.05, 0) is 69.9 Å². The first-order valence-corrected chi connectivity index (χ1v) is 21.7.